The Morgan fingerprint density at radius 2 is 2.08 bits per heavy atom. The standard InChI is InChI=1S/C17H22N2O4S/c1-4-22-13-8-6-5-7-12(13)15-14(11(2)18-17(21)19-15)16(20)23-9-10-24-3/h5-8,15H,4,9-10H2,1-3H3,(H2,18,19,21)/t15-/m1/s1. The normalized spacial score (nSPS) is 17.1. The molecule has 0 spiro atoms. The maximum absolute atomic E-state index is 12.5. The number of amides is 2. The molecule has 1 aliphatic rings. The van der Waals surface area contributed by atoms with Gasteiger partial charge in [0, 0.05) is 17.0 Å². The Morgan fingerprint density at radius 1 is 1.33 bits per heavy atom. The lowest BCUT2D eigenvalue weighted by Crippen LogP contribution is -2.45. The Labute approximate surface area is 146 Å². The number of ether oxygens (including phenoxy) is 2. The molecule has 1 heterocycles. The first-order valence-corrected chi connectivity index (χ1v) is 9.14. The van der Waals surface area contributed by atoms with Crippen molar-refractivity contribution in [3.8, 4) is 5.75 Å². The van der Waals surface area contributed by atoms with E-state index in [9.17, 15) is 9.59 Å². The van der Waals surface area contributed by atoms with Gasteiger partial charge in [0.15, 0.2) is 0 Å². The van der Waals surface area contributed by atoms with Crippen LogP contribution in [-0.2, 0) is 9.53 Å². The SMILES string of the molecule is CCOc1ccccc1[C@H]1NC(=O)NC(C)=C1C(=O)OCCSC. The molecule has 0 bridgehead atoms. The largest absolute Gasteiger partial charge is 0.494 e. The van der Waals surface area contributed by atoms with E-state index >= 15 is 0 Å². The highest BCUT2D eigenvalue weighted by molar-refractivity contribution is 7.98. The molecule has 2 amide bonds. The molecule has 130 valence electrons. The molecule has 0 aromatic heterocycles. The summed E-state index contributed by atoms with van der Waals surface area (Å²) in [7, 11) is 0. The minimum Gasteiger partial charge on any atom is -0.494 e. The molecular formula is C17H22N2O4S. The van der Waals surface area contributed by atoms with Gasteiger partial charge in [-0.2, -0.15) is 11.8 Å². The van der Waals surface area contributed by atoms with E-state index in [1.165, 1.54) is 0 Å². The number of hydrogen-bond donors (Lipinski definition) is 2. The van der Waals surface area contributed by atoms with Crippen molar-refractivity contribution >= 4 is 23.8 Å². The van der Waals surface area contributed by atoms with Crippen LogP contribution in [0.4, 0.5) is 4.79 Å². The maximum atomic E-state index is 12.5. The smallest absolute Gasteiger partial charge is 0.338 e. The fraction of sp³-hybridized carbons (Fsp3) is 0.412. The first-order valence-electron chi connectivity index (χ1n) is 7.74. The zero-order valence-corrected chi connectivity index (χ0v) is 14.9. The van der Waals surface area contributed by atoms with Crippen LogP contribution in [0.25, 0.3) is 0 Å². The van der Waals surface area contributed by atoms with Crippen LogP contribution in [0.2, 0.25) is 0 Å². The van der Waals surface area contributed by atoms with Crippen molar-refractivity contribution < 1.29 is 19.1 Å². The van der Waals surface area contributed by atoms with Crippen LogP contribution in [0.1, 0.15) is 25.5 Å². The summed E-state index contributed by atoms with van der Waals surface area (Å²) in [5.41, 5.74) is 1.61. The summed E-state index contributed by atoms with van der Waals surface area (Å²) in [6.07, 6.45) is 1.95. The molecule has 2 rings (SSSR count). The van der Waals surface area contributed by atoms with Crippen LogP contribution >= 0.6 is 11.8 Å². The molecule has 1 aromatic carbocycles. The van der Waals surface area contributed by atoms with Gasteiger partial charge in [0.25, 0.3) is 0 Å². The van der Waals surface area contributed by atoms with Gasteiger partial charge in [-0.15, -0.1) is 0 Å². The number of benzene rings is 1. The van der Waals surface area contributed by atoms with E-state index in [4.69, 9.17) is 9.47 Å². The Hall–Kier alpha value is -2.15. The molecule has 0 saturated heterocycles. The van der Waals surface area contributed by atoms with Crippen molar-refractivity contribution in [2.24, 2.45) is 0 Å². The first kappa shape index (κ1) is 18.2. The van der Waals surface area contributed by atoms with E-state index in [-0.39, 0.29) is 6.03 Å². The van der Waals surface area contributed by atoms with Crippen LogP contribution in [0.5, 0.6) is 5.75 Å². The number of carbonyl (C=O) groups is 2. The van der Waals surface area contributed by atoms with Gasteiger partial charge in [-0.3, -0.25) is 0 Å². The molecule has 0 saturated carbocycles. The highest BCUT2D eigenvalue weighted by atomic mass is 32.2. The van der Waals surface area contributed by atoms with Crippen molar-refractivity contribution in [1.29, 1.82) is 0 Å². The van der Waals surface area contributed by atoms with E-state index < -0.39 is 12.0 Å². The van der Waals surface area contributed by atoms with Gasteiger partial charge in [0.1, 0.15) is 12.4 Å². The van der Waals surface area contributed by atoms with E-state index in [2.05, 4.69) is 10.6 Å². The molecule has 6 nitrogen and oxygen atoms in total. The Morgan fingerprint density at radius 3 is 2.79 bits per heavy atom. The number of nitrogens with one attached hydrogen (secondary N) is 2. The average molecular weight is 350 g/mol. The zero-order chi connectivity index (χ0) is 17.5. The lowest BCUT2D eigenvalue weighted by molar-refractivity contribution is -0.138. The second-order valence-corrected chi connectivity index (χ2v) is 6.16. The topological polar surface area (TPSA) is 76.7 Å². The lowest BCUT2D eigenvalue weighted by Gasteiger charge is -2.29. The maximum Gasteiger partial charge on any atom is 0.338 e. The molecule has 0 radical (unpaired) electrons. The molecule has 1 aromatic rings. The van der Waals surface area contributed by atoms with Gasteiger partial charge in [-0.1, -0.05) is 18.2 Å². The van der Waals surface area contributed by atoms with Crippen molar-refractivity contribution in [2.45, 2.75) is 19.9 Å². The van der Waals surface area contributed by atoms with E-state index in [1.54, 1.807) is 18.7 Å². The molecule has 0 aliphatic carbocycles. The summed E-state index contributed by atoms with van der Waals surface area (Å²) >= 11 is 1.60. The van der Waals surface area contributed by atoms with Crippen LogP contribution < -0.4 is 15.4 Å². The summed E-state index contributed by atoms with van der Waals surface area (Å²) < 4.78 is 11.0. The van der Waals surface area contributed by atoms with Gasteiger partial charge < -0.3 is 20.1 Å². The number of urea groups is 1. The number of para-hydroxylation sites is 1. The zero-order valence-electron chi connectivity index (χ0n) is 14.0. The second-order valence-electron chi connectivity index (χ2n) is 5.17. The first-order chi connectivity index (χ1) is 11.6. The monoisotopic (exact) mass is 350 g/mol. The minimum absolute atomic E-state index is 0.324. The summed E-state index contributed by atoms with van der Waals surface area (Å²) in [5.74, 6) is 0.915. The van der Waals surface area contributed by atoms with Crippen LogP contribution in [-0.4, -0.2) is 37.2 Å². The molecule has 1 aliphatic heterocycles. The molecular weight excluding hydrogens is 328 g/mol. The summed E-state index contributed by atoms with van der Waals surface area (Å²) in [5, 5.41) is 5.42. The van der Waals surface area contributed by atoms with Crippen molar-refractivity contribution in [2.75, 3.05) is 25.2 Å². The second kappa shape index (κ2) is 8.63. The number of esters is 1. The van der Waals surface area contributed by atoms with E-state index in [0.717, 1.165) is 11.3 Å². The average Bonchev–Trinajstić information content (AvgIpc) is 2.55. The highest BCUT2D eigenvalue weighted by Gasteiger charge is 2.33. The third kappa shape index (κ3) is 4.23. The Balaban J connectivity index is 2.36. The van der Waals surface area contributed by atoms with Crippen molar-refractivity contribution in [1.82, 2.24) is 10.6 Å². The number of thioether (sulfide) groups is 1. The molecule has 0 unspecified atom stereocenters. The Kier molecular flexibility index (Phi) is 6.54. The van der Waals surface area contributed by atoms with E-state index in [0.29, 0.717) is 30.2 Å². The Bertz CT molecular complexity index is 645. The van der Waals surface area contributed by atoms with Crippen molar-refractivity contribution in [3.63, 3.8) is 0 Å². The summed E-state index contributed by atoms with van der Waals surface area (Å²) in [4.78, 5) is 24.4. The number of allylic oxidation sites excluding steroid dienone is 1. The van der Waals surface area contributed by atoms with Crippen LogP contribution in [0.15, 0.2) is 35.5 Å². The molecule has 24 heavy (non-hydrogen) atoms. The quantitative estimate of drug-likeness (QED) is 0.584. The summed E-state index contributed by atoms with van der Waals surface area (Å²) in [6, 6.07) is 6.39. The molecule has 0 fully saturated rings. The van der Waals surface area contributed by atoms with Gasteiger partial charge in [-0.25, -0.2) is 9.59 Å². The fourth-order valence-electron chi connectivity index (χ4n) is 2.50. The summed E-state index contributed by atoms with van der Waals surface area (Å²) in [6.45, 7) is 4.40. The van der Waals surface area contributed by atoms with Crippen LogP contribution in [0.3, 0.4) is 0 Å². The third-order valence-electron chi connectivity index (χ3n) is 3.54. The number of rotatable bonds is 7. The third-order valence-corrected chi connectivity index (χ3v) is 4.11. The fourth-order valence-corrected chi connectivity index (χ4v) is 2.75. The molecule has 7 heteroatoms. The lowest BCUT2D eigenvalue weighted by atomic mass is 9.95. The predicted molar refractivity (Wildman–Crippen MR) is 94.1 cm³/mol. The van der Waals surface area contributed by atoms with Gasteiger partial charge >= 0.3 is 12.0 Å². The molecule has 2 N–H and O–H groups in total. The van der Waals surface area contributed by atoms with E-state index in [1.807, 2.05) is 37.4 Å². The predicted octanol–water partition coefficient (Wildman–Crippen LogP) is 2.62. The number of hydrogen-bond acceptors (Lipinski definition) is 5. The van der Waals surface area contributed by atoms with Gasteiger partial charge in [-0.05, 0) is 26.2 Å². The van der Waals surface area contributed by atoms with Crippen LogP contribution in [0, 0.1) is 0 Å². The highest BCUT2D eigenvalue weighted by Crippen LogP contribution is 2.33. The van der Waals surface area contributed by atoms with Gasteiger partial charge in [0.2, 0.25) is 0 Å². The van der Waals surface area contributed by atoms with Crippen molar-refractivity contribution in [3.05, 3.63) is 41.1 Å². The van der Waals surface area contributed by atoms with Gasteiger partial charge in [0.05, 0.1) is 18.2 Å². The molecule has 1 atom stereocenters. The number of carbonyl (C=O) groups excluding carboxylic acids is 2. The minimum atomic E-state index is -0.608.